The molecule has 4 fully saturated rings. The molecule has 0 atom stereocenters. The minimum absolute atomic E-state index is 0.0403. The Morgan fingerprint density at radius 1 is 0.971 bits per heavy atom. The summed E-state index contributed by atoms with van der Waals surface area (Å²) >= 11 is 1.62. The fourth-order valence-electron chi connectivity index (χ4n) is 7.26. The molecule has 0 saturated heterocycles. The van der Waals surface area contributed by atoms with Crippen molar-refractivity contribution >= 4 is 23.2 Å². The van der Waals surface area contributed by atoms with Gasteiger partial charge in [-0.2, -0.15) is 0 Å². The van der Waals surface area contributed by atoms with Crippen molar-refractivity contribution in [3.05, 3.63) is 58.0 Å². The summed E-state index contributed by atoms with van der Waals surface area (Å²) < 4.78 is 13.5. The van der Waals surface area contributed by atoms with E-state index in [1.165, 1.54) is 31.4 Å². The standard InChI is InChI=1S/C29H37FN2O2S/c1-20(2)16-32(28(34)29-13-22-10-23(14-29)12-24(11-22)15-29)19-27(33)31(18-26-4-3-9-35-26)17-21-5-7-25(30)8-6-21/h3-9,20,22-24H,10-19H2,1-2H3. The highest BCUT2D eigenvalue weighted by Crippen LogP contribution is 2.60. The van der Waals surface area contributed by atoms with Crippen LogP contribution in [0.3, 0.4) is 0 Å². The molecule has 4 bridgehead atoms. The zero-order valence-electron chi connectivity index (χ0n) is 20.9. The first kappa shape index (κ1) is 24.5. The van der Waals surface area contributed by atoms with E-state index < -0.39 is 0 Å². The lowest BCUT2D eigenvalue weighted by molar-refractivity contribution is -0.161. The third-order valence-corrected chi connectivity index (χ3v) is 9.12. The quantitative estimate of drug-likeness (QED) is 0.420. The van der Waals surface area contributed by atoms with E-state index in [-0.39, 0.29) is 29.6 Å². The molecule has 1 aromatic heterocycles. The number of hydrogen-bond donors (Lipinski definition) is 0. The van der Waals surface area contributed by atoms with Gasteiger partial charge in [-0.3, -0.25) is 9.59 Å². The molecular formula is C29H37FN2O2S. The smallest absolute Gasteiger partial charge is 0.242 e. The monoisotopic (exact) mass is 496 g/mol. The maximum absolute atomic E-state index is 14.1. The van der Waals surface area contributed by atoms with Gasteiger partial charge in [0.15, 0.2) is 0 Å². The number of hydrogen-bond acceptors (Lipinski definition) is 3. The Kier molecular flexibility index (Phi) is 7.02. The minimum Gasteiger partial charge on any atom is -0.333 e. The number of benzene rings is 1. The number of carbonyl (C=O) groups is 2. The third kappa shape index (κ3) is 5.47. The first-order chi connectivity index (χ1) is 16.8. The van der Waals surface area contributed by atoms with Crippen LogP contribution < -0.4 is 0 Å². The van der Waals surface area contributed by atoms with E-state index >= 15 is 0 Å². The lowest BCUT2D eigenvalue weighted by Crippen LogP contribution is -2.56. The molecule has 0 radical (unpaired) electrons. The zero-order chi connectivity index (χ0) is 24.6. The van der Waals surface area contributed by atoms with E-state index in [1.807, 2.05) is 27.3 Å². The van der Waals surface area contributed by atoms with Gasteiger partial charge in [-0.15, -0.1) is 11.3 Å². The molecule has 0 aliphatic heterocycles. The van der Waals surface area contributed by atoms with Crippen LogP contribution in [0, 0.1) is 34.9 Å². The van der Waals surface area contributed by atoms with Gasteiger partial charge in [0.25, 0.3) is 0 Å². The van der Waals surface area contributed by atoms with Gasteiger partial charge < -0.3 is 9.80 Å². The van der Waals surface area contributed by atoms with Crippen LogP contribution in [0.4, 0.5) is 4.39 Å². The molecule has 4 nitrogen and oxygen atoms in total. The van der Waals surface area contributed by atoms with Gasteiger partial charge in [0.1, 0.15) is 5.82 Å². The molecule has 2 aromatic rings. The maximum Gasteiger partial charge on any atom is 0.242 e. The number of halogens is 1. The Hall–Kier alpha value is -2.21. The zero-order valence-corrected chi connectivity index (χ0v) is 21.7. The SMILES string of the molecule is CC(C)CN(CC(=O)N(Cc1ccc(F)cc1)Cc1cccs1)C(=O)C12CC3CC(CC(C3)C1)C2. The molecule has 0 unspecified atom stereocenters. The molecule has 1 aromatic carbocycles. The second kappa shape index (κ2) is 10.0. The van der Waals surface area contributed by atoms with Gasteiger partial charge >= 0.3 is 0 Å². The van der Waals surface area contributed by atoms with Crippen LogP contribution in [0.2, 0.25) is 0 Å². The Bertz CT molecular complexity index is 998. The number of amides is 2. The maximum atomic E-state index is 14.1. The highest BCUT2D eigenvalue weighted by Gasteiger charge is 2.55. The average Bonchev–Trinajstić information content (AvgIpc) is 3.31. The number of carbonyl (C=O) groups excluding carboxylic acids is 2. The summed E-state index contributed by atoms with van der Waals surface area (Å²) in [6, 6.07) is 10.4. The first-order valence-corrected chi connectivity index (χ1v) is 14.0. The van der Waals surface area contributed by atoms with Gasteiger partial charge in [-0.25, -0.2) is 4.39 Å². The molecule has 188 valence electrons. The Morgan fingerprint density at radius 3 is 2.14 bits per heavy atom. The summed E-state index contributed by atoms with van der Waals surface area (Å²) in [5, 5.41) is 2.01. The van der Waals surface area contributed by atoms with Crippen LogP contribution in [-0.4, -0.2) is 34.7 Å². The highest BCUT2D eigenvalue weighted by molar-refractivity contribution is 7.09. The van der Waals surface area contributed by atoms with Gasteiger partial charge in [0.05, 0.1) is 18.5 Å². The third-order valence-electron chi connectivity index (χ3n) is 8.26. The summed E-state index contributed by atoms with van der Waals surface area (Å²) in [4.78, 5) is 32.6. The van der Waals surface area contributed by atoms with E-state index in [4.69, 9.17) is 0 Å². The van der Waals surface area contributed by atoms with Crippen LogP contribution in [0.1, 0.15) is 62.8 Å². The van der Waals surface area contributed by atoms with E-state index in [0.717, 1.165) is 29.7 Å². The van der Waals surface area contributed by atoms with Crippen molar-refractivity contribution in [3.63, 3.8) is 0 Å². The number of thiophene rings is 1. The highest BCUT2D eigenvalue weighted by atomic mass is 32.1. The van der Waals surface area contributed by atoms with E-state index in [2.05, 4.69) is 13.8 Å². The largest absolute Gasteiger partial charge is 0.333 e. The Labute approximate surface area is 212 Å². The topological polar surface area (TPSA) is 40.6 Å². The molecule has 2 amide bonds. The van der Waals surface area contributed by atoms with Crippen LogP contribution in [0.15, 0.2) is 41.8 Å². The molecule has 6 rings (SSSR count). The fourth-order valence-corrected chi connectivity index (χ4v) is 7.98. The summed E-state index contributed by atoms with van der Waals surface area (Å²) in [6.45, 7) is 5.85. The summed E-state index contributed by atoms with van der Waals surface area (Å²) in [5.41, 5.74) is 0.638. The number of rotatable bonds is 9. The predicted molar refractivity (Wildman–Crippen MR) is 137 cm³/mol. The average molecular weight is 497 g/mol. The van der Waals surface area contributed by atoms with Gasteiger partial charge in [-0.05, 0) is 91.3 Å². The van der Waals surface area contributed by atoms with Crippen molar-refractivity contribution in [1.29, 1.82) is 0 Å². The molecule has 0 N–H and O–H groups in total. The lowest BCUT2D eigenvalue weighted by Gasteiger charge is -2.56. The minimum atomic E-state index is -0.283. The van der Waals surface area contributed by atoms with Crippen LogP contribution >= 0.6 is 11.3 Å². The lowest BCUT2D eigenvalue weighted by atomic mass is 9.49. The van der Waals surface area contributed by atoms with Crippen molar-refractivity contribution in [2.45, 2.75) is 65.5 Å². The Balaban J connectivity index is 1.35. The van der Waals surface area contributed by atoms with Crippen LogP contribution in [0.5, 0.6) is 0 Å². The fraction of sp³-hybridized carbons (Fsp3) is 0.586. The van der Waals surface area contributed by atoms with Crippen LogP contribution in [-0.2, 0) is 22.7 Å². The second-order valence-corrected chi connectivity index (χ2v) is 12.8. The van der Waals surface area contributed by atoms with Gasteiger partial charge in [0, 0.05) is 18.0 Å². The summed E-state index contributed by atoms with van der Waals surface area (Å²) in [5.74, 6) is 2.26. The van der Waals surface area contributed by atoms with E-state index in [0.29, 0.717) is 43.3 Å². The Morgan fingerprint density at radius 2 is 1.60 bits per heavy atom. The molecule has 4 aliphatic rings. The molecule has 35 heavy (non-hydrogen) atoms. The van der Waals surface area contributed by atoms with Crippen molar-refractivity contribution in [2.75, 3.05) is 13.1 Å². The first-order valence-electron chi connectivity index (χ1n) is 13.1. The van der Waals surface area contributed by atoms with Crippen molar-refractivity contribution in [2.24, 2.45) is 29.1 Å². The van der Waals surface area contributed by atoms with Gasteiger partial charge in [-0.1, -0.05) is 32.0 Å². The summed E-state index contributed by atoms with van der Waals surface area (Å²) in [6.07, 6.45) is 6.91. The van der Waals surface area contributed by atoms with Crippen LogP contribution in [0.25, 0.3) is 0 Å². The van der Waals surface area contributed by atoms with E-state index in [9.17, 15) is 14.0 Å². The van der Waals surface area contributed by atoms with Gasteiger partial charge in [0.2, 0.25) is 11.8 Å². The normalized spacial score (nSPS) is 26.8. The molecule has 4 aliphatic carbocycles. The van der Waals surface area contributed by atoms with Crippen molar-refractivity contribution < 1.29 is 14.0 Å². The summed E-state index contributed by atoms with van der Waals surface area (Å²) in [7, 11) is 0. The second-order valence-electron chi connectivity index (χ2n) is 11.7. The molecule has 0 spiro atoms. The predicted octanol–water partition coefficient (Wildman–Crippen LogP) is 6.12. The van der Waals surface area contributed by atoms with Crippen molar-refractivity contribution in [3.8, 4) is 0 Å². The molecule has 4 saturated carbocycles. The number of nitrogens with zero attached hydrogens (tertiary/aromatic N) is 2. The molecule has 6 heteroatoms. The van der Waals surface area contributed by atoms with E-state index in [1.54, 1.807) is 23.5 Å². The van der Waals surface area contributed by atoms with Crippen molar-refractivity contribution in [1.82, 2.24) is 9.80 Å². The molecular weight excluding hydrogens is 459 g/mol. The molecule has 1 heterocycles.